The van der Waals surface area contributed by atoms with Crippen molar-refractivity contribution in [2.75, 3.05) is 29.7 Å². The first-order valence-electron chi connectivity index (χ1n) is 15.3. The molecule has 0 saturated heterocycles. The van der Waals surface area contributed by atoms with Crippen LogP contribution in [0.4, 0.5) is 5.69 Å². The Morgan fingerprint density at radius 1 is 0.725 bits per heavy atom. The van der Waals surface area contributed by atoms with Gasteiger partial charge in [-0.05, 0) is 86.8 Å². The summed E-state index contributed by atoms with van der Waals surface area (Å²) in [7, 11) is -1.06. The molecule has 0 bridgehead atoms. The third-order valence-electron chi connectivity index (χ3n) is 6.76. The summed E-state index contributed by atoms with van der Waals surface area (Å²) in [5.74, 6) is 0. The van der Waals surface area contributed by atoms with Crippen LogP contribution >= 0.6 is 108 Å². The zero-order valence-electron chi connectivity index (χ0n) is 28.0. The fourth-order valence-electron chi connectivity index (χ4n) is 4.89. The van der Waals surface area contributed by atoms with Crippen LogP contribution in [0.25, 0.3) is 52.4 Å². The summed E-state index contributed by atoms with van der Waals surface area (Å²) in [6.07, 6.45) is 0. The van der Waals surface area contributed by atoms with Gasteiger partial charge in [0.15, 0.2) is 0 Å². The van der Waals surface area contributed by atoms with Crippen LogP contribution in [0.2, 0.25) is 0 Å². The Hall–Kier alpha value is -1.27. The topological polar surface area (TPSA) is 86.6 Å². The minimum atomic E-state index is -1.06. The van der Waals surface area contributed by atoms with E-state index >= 15 is 0 Å². The number of rotatable bonds is 8. The van der Waals surface area contributed by atoms with Gasteiger partial charge in [-0.1, -0.05) is 107 Å². The number of fused-ring (bicyclic) bond motifs is 6. The van der Waals surface area contributed by atoms with Gasteiger partial charge in [0.2, 0.25) is 0 Å². The number of nitro groups is 1. The third kappa shape index (κ3) is 11.9. The van der Waals surface area contributed by atoms with E-state index in [1.54, 1.807) is 23.5 Å². The van der Waals surface area contributed by atoms with E-state index in [9.17, 15) is 10.1 Å². The molecular formula is C37H41Br2I2N2O5PS2. The van der Waals surface area contributed by atoms with Crippen molar-refractivity contribution in [2.24, 2.45) is 0 Å². The molecule has 7 rings (SSSR count). The van der Waals surface area contributed by atoms with Gasteiger partial charge in [-0.2, -0.15) is 0 Å². The quantitative estimate of drug-likeness (QED) is 0.0539. The van der Waals surface area contributed by atoms with Crippen molar-refractivity contribution < 1.29 is 18.5 Å². The Kier molecular flexibility index (Phi) is 21.8. The molecule has 7 nitrogen and oxygen atoms in total. The summed E-state index contributed by atoms with van der Waals surface area (Å²) in [6, 6.07) is 27.6. The van der Waals surface area contributed by atoms with E-state index in [2.05, 4.69) is 124 Å². The smallest absolute Gasteiger partial charge is 0.332 e. The van der Waals surface area contributed by atoms with Crippen molar-refractivity contribution in [1.29, 1.82) is 0 Å². The number of benzene rings is 4. The molecule has 0 aliphatic heterocycles. The number of para-hydroxylation sites is 2. The average Bonchev–Trinajstić information content (AvgIpc) is 3.85. The van der Waals surface area contributed by atoms with Crippen LogP contribution in [0.1, 0.15) is 28.2 Å². The van der Waals surface area contributed by atoms with Gasteiger partial charge < -0.3 is 18.6 Å². The predicted octanol–water partition coefficient (Wildman–Crippen LogP) is 15.6. The van der Waals surface area contributed by atoms with Crippen LogP contribution in [0.5, 0.6) is 0 Å². The Morgan fingerprint density at radius 3 is 1.86 bits per heavy atom. The fraction of sp³-hybridized carbons (Fsp3) is 0.243. The van der Waals surface area contributed by atoms with Gasteiger partial charge in [-0.25, -0.2) is 0 Å². The maximum Gasteiger partial charge on any atom is 0.332 e. The van der Waals surface area contributed by atoms with E-state index in [4.69, 9.17) is 13.6 Å². The summed E-state index contributed by atoms with van der Waals surface area (Å²) in [6.45, 7) is 7.71. The predicted molar refractivity (Wildman–Crippen MR) is 249 cm³/mol. The molecule has 3 heterocycles. The first-order valence-corrected chi connectivity index (χ1v) is 24.0. The molecular weight excluding hydrogens is 1060 g/mol. The Bertz CT molecular complexity index is 2090. The average molecular weight is 1100 g/mol. The van der Waals surface area contributed by atoms with E-state index in [1.807, 2.05) is 71.6 Å². The molecule has 1 N–H and O–H groups in total. The fourth-order valence-corrected chi connectivity index (χ4v) is 9.11. The van der Waals surface area contributed by atoms with Crippen LogP contribution in [0.3, 0.4) is 0 Å². The van der Waals surface area contributed by atoms with E-state index in [1.165, 1.54) is 41.7 Å². The molecule has 51 heavy (non-hydrogen) atoms. The third-order valence-corrected chi connectivity index (χ3v) is 12.2. The minimum absolute atomic E-state index is 0. The van der Waals surface area contributed by atoms with E-state index < -0.39 is 8.60 Å². The molecule has 4 aromatic carbocycles. The van der Waals surface area contributed by atoms with Crippen molar-refractivity contribution in [3.05, 3.63) is 109 Å². The van der Waals surface area contributed by atoms with Crippen LogP contribution in [0.15, 0.2) is 99.3 Å². The number of hydrogen-bond donors (Lipinski definition) is 1. The van der Waals surface area contributed by atoms with Crippen LogP contribution in [-0.2, 0) is 13.6 Å². The van der Waals surface area contributed by atoms with Crippen molar-refractivity contribution in [3.63, 3.8) is 0 Å². The lowest BCUT2D eigenvalue weighted by Gasteiger charge is -2.12. The lowest BCUT2D eigenvalue weighted by atomic mass is 10.0. The van der Waals surface area contributed by atoms with E-state index in [0.717, 1.165) is 20.1 Å². The monoisotopic (exact) mass is 1100 g/mol. The number of alkyl halides is 2. The minimum Gasteiger partial charge on any atom is -0.346 e. The van der Waals surface area contributed by atoms with Crippen LogP contribution in [-0.4, -0.2) is 39.6 Å². The van der Waals surface area contributed by atoms with Crippen molar-refractivity contribution in [1.82, 2.24) is 4.98 Å². The molecule has 0 atom stereocenters. The second-order valence-corrected chi connectivity index (χ2v) is 14.4. The second-order valence-electron chi connectivity index (χ2n) is 9.61. The van der Waals surface area contributed by atoms with Gasteiger partial charge in [0.25, 0.3) is 5.69 Å². The molecule has 0 saturated carbocycles. The molecule has 7 aromatic rings. The van der Waals surface area contributed by atoms with Crippen molar-refractivity contribution in [2.45, 2.75) is 28.2 Å². The van der Waals surface area contributed by atoms with Gasteiger partial charge in [-0.15, -0.1) is 22.7 Å². The normalized spacial score (nSPS) is 10.3. The number of hydrogen-bond acceptors (Lipinski definition) is 7. The van der Waals surface area contributed by atoms with E-state index in [-0.39, 0.29) is 18.0 Å². The molecule has 14 heteroatoms. The number of halogens is 4. The molecule has 3 aromatic heterocycles. The number of nitrogens with zero attached hydrogens (tertiary/aromatic N) is 1. The highest BCUT2D eigenvalue weighted by atomic mass is 127. The zero-order valence-corrected chi connectivity index (χ0v) is 38.1. The first kappa shape index (κ1) is 45.9. The lowest BCUT2D eigenvalue weighted by Crippen LogP contribution is -1.94. The molecule has 0 unspecified atom stereocenters. The number of nitrogens with one attached hydrogen (secondary N) is 1. The highest BCUT2D eigenvalue weighted by Crippen LogP contribution is 2.42. The number of H-pyrrole nitrogens is 1. The number of aromatic amines is 1. The van der Waals surface area contributed by atoms with Gasteiger partial charge in [0, 0.05) is 57.7 Å². The highest BCUT2D eigenvalue weighted by Gasteiger charge is 2.18. The summed E-state index contributed by atoms with van der Waals surface area (Å²) >= 11 is 14.8. The lowest BCUT2D eigenvalue weighted by molar-refractivity contribution is -0.384. The number of aromatic nitrogens is 1. The zero-order chi connectivity index (χ0) is 36.6. The van der Waals surface area contributed by atoms with E-state index in [0.29, 0.717) is 25.4 Å². The van der Waals surface area contributed by atoms with Crippen molar-refractivity contribution >= 4 is 155 Å². The maximum absolute atomic E-state index is 11.1. The van der Waals surface area contributed by atoms with Gasteiger partial charge in [0.1, 0.15) is 4.83 Å². The maximum atomic E-state index is 11.1. The molecule has 0 aliphatic rings. The SMILES string of the molecule is Brc1cccc2c1sc1[nH]c3ccccc3c12.C.CCOP(OCC)OCC.CI.CI.O=[N+]([O-])c1ccccc1-c1csc2c(Br)cccc12. The molecule has 0 fully saturated rings. The summed E-state index contributed by atoms with van der Waals surface area (Å²) in [5, 5.41) is 18.1. The van der Waals surface area contributed by atoms with Crippen LogP contribution in [0, 0.1) is 10.1 Å². The standard InChI is InChI=1S/C14H8BrNO2S.C14H8BrNS.C6H15O3P.2CH3I.CH4/c15-12-6-3-5-10-11(8-19-14(10)12)9-4-1-2-7-13(9)16(17)18;15-10-6-3-5-9-12-8-4-1-2-7-11(8)16-14(12)17-13(9)10;1-4-7-10(8-5-2)9-6-3;2*1-2;/h1-8H;1-7,16H;4-6H2,1-3H3;2*1H3;1H4. The molecule has 0 spiro atoms. The molecule has 0 aliphatic carbocycles. The highest BCUT2D eigenvalue weighted by molar-refractivity contribution is 14.1. The number of nitro benzene ring substituents is 1. The van der Waals surface area contributed by atoms with Crippen molar-refractivity contribution in [3.8, 4) is 11.1 Å². The Labute approximate surface area is 353 Å². The van der Waals surface area contributed by atoms with Gasteiger partial charge in [0.05, 0.1) is 35.0 Å². The Morgan fingerprint density at radius 2 is 1.25 bits per heavy atom. The second kappa shape index (κ2) is 24.2. The first-order chi connectivity index (χ1) is 24.4. The van der Waals surface area contributed by atoms with Crippen LogP contribution < -0.4 is 0 Å². The summed E-state index contributed by atoms with van der Waals surface area (Å²) in [4.78, 5) is 19.5. The molecule has 0 amide bonds. The summed E-state index contributed by atoms with van der Waals surface area (Å²) in [5.41, 5.74) is 2.93. The molecule has 0 radical (unpaired) electrons. The Balaban J connectivity index is 0.000000261. The molecule has 274 valence electrons. The largest absolute Gasteiger partial charge is 0.346 e. The van der Waals surface area contributed by atoms with Gasteiger partial charge in [-0.3, -0.25) is 10.1 Å². The number of thiophene rings is 2. The van der Waals surface area contributed by atoms with Gasteiger partial charge >= 0.3 is 8.60 Å². The summed E-state index contributed by atoms with van der Waals surface area (Å²) < 4.78 is 20.0.